The van der Waals surface area contributed by atoms with Crippen LogP contribution < -0.4 is 16.0 Å². The van der Waals surface area contributed by atoms with Crippen molar-refractivity contribution < 1.29 is 9.53 Å². The van der Waals surface area contributed by atoms with E-state index in [2.05, 4.69) is 36.8 Å². The van der Waals surface area contributed by atoms with Crippen LogP contribution in [-0.2, 0) is 16.1 Å². The van der Waals surface area contributed by atoms with Crippen molar-refractivity contribution in [1.29, 1.82) is 0 Å². The van der Waals surface area contributed by atoms with Crippen LogP contribution in [0, 0.1) is 0 Å². The van der Waals surface area contributed by atoms with Gasteiger partial charge >= 0.3 is 0 Å². The minimum absolute atomic E-state index is 0. The van der Waals surface area contributed by atoms with Crippen molar-refractivity contribution in [2.75, 3.05) is 71.4 Å². The summed E-state index contributed by atoms with van der Waals surface area (Å²) in [7, 11) is 1.79. The molecule has 9 heteroatoms. The molecule has 1 aromatic carbocycles. The molecular weight excluding hydrogens is 519 g/mol. The normalized spacial score (nSPS) is 18.0. The van der Waals surface area contributed by atoms with Gasteiger partial charge in [-0.3, -0.25) is 14.7 Å². The van der Waals surface area contributed by atoms with E-state index in [4.69, 9.17) is 4.74 Å². The fraction of sp³-hybridized carbons (Fsp3) is 0.652. The highest BCUT2D eigenvalue weighted by molar-refractivity contribution is 14.0. The van der Waals surface area contributed by atoms with Gasteiger partial charge < -0.3 is 25.6 Å². The first-order chi connectivity index (χ1) is 15.2. The number of carbonyl (C=O) groups excluding carboxylic acids is 1. The van der Waals surface area contributed by atoms with Gasteiger partial charge in [0.1, 0.15) is 0 Å². The highest BCUT2D eigenvalue weighted by atomic mass is 127. The van der Waals surface area contributed by atoms with Crippen LogP contribution in [0.25, 0.3) is 0 Å². The number of rotatable bonds is 9. The van der Waals surface area contributed by atoms with Crippen molar-refractivity contribution in [2.45, 2.75) is 32.2 Å². The molecule has 2 aliphatic rings. The Morgan fingerprint density at radius 3 is 2.53 bits per heavy atom. The third-order valence-electron chi connectivity index (χ3n) is 5.82. The van der Waals surface area contributed by atoms with Gasteiger partial charge in [0.15, 0.2) is 5.96 Å². The third kappa shape index (κ3) is 10.0. The van der Waals surface area contributed by atoms with E-state index in [0.717, 1.165) is 63.1 Å². The Kier molecular flexibility index (Phi) is 12.9. The molecule has 0 aromatic heterocycles. The molecule has 0 unspecified atom stereocenters. The second-order valence-corrected chi connectivity index (χ2v) is 8.21. The molecule has 2 heterocycles. The van der Waals surface area contributed by atoms with Crippen LogP contribution in [0.3, 0.4) is 0 Å². The van der Waals surface area contributed by atoms with E-state index < -0.39 is 0 Å². The van der Waals surface area contributed by atoms with Crippen molar-refractivity contribution in [2.24, 2.45) is 4.99 Å². The average molecular weight is 559 g/mol. The summed E-state index contributed by atoms with van der Waals surface area (Å²) in [6.45, 7) is 9.10. The molecule has 180 valence electrons. The fourth-order valence-corrected chi connectivity index (χ4v) is 3.99. The number of aliphatic imine (C=N–C) groups is 1. The van der Waals surface area contributed by atoms with Crippen molar-refractivity contribution in [3.8, 4) is 0 Å². The first kappa shape index (κ1) is 26.8. The van der Waals surface area contributed by atoms with Crippen LogP contribution in [0.5, 0.6) is 0 Å². The van der Waals surface area contributed by atoms with Gasteiger partial charge in [0.25, 0.3) is 0 Å². The number of guanidine groups is 1. The Morgan fingerprint density at radius 1 is 1.03 bits per heavy atom. The number of amides is 1. The van der Waals surface area contributed by atoms with Gasteiger partial charge in [-0.25, -0.2) is 0 Å². The summed E-state index contributed by atoms with van der Waals surface area (Å²) < 4.78 is 5.35. The van der Waals surface area contributed by atoms with E-state index in [1.54, 1.807) is 7.05 Å². The summed E-state index contributed by atoms with van der Waals surface area (Å²) in [5, 5.41) is 9.78. The van der Waals surface area contributed by atoms with Crippen molar-refractivity contribution in [3.05, 3.63) is 29.8 Å². The summed E-state index contributed by atoms with van der Waals surface area (Å²) in [5.41, 5.74) is 1.93. The first-order valence-corrected chi connectivity index (χ1v) is 11.6. The largest absolute Gasteiger partial charge is 0.379 e. The van der Waals surface area contributed by atoms with E-state index in [-0.39, 0.29) is 29.9 Å². The van der Waals surface area contributed by atoms with Gasteiger partial charge in [0.05, 0.1) is 13.2 Å². The summed E-state index contributed by atoms with van der Waals surface area (Å²) in [5.74, 6) is 0.851. The molecule has 32 heavy (non-hydrogen) atoms. The number of likely N-dealkylation sites (tertiary alicyclic amines) is 1. The lowest BCUT2D eigenvalue weighted by molar-refractivity contribution is -0.116. The van der Waals surface area contributed by atoms with E-state index in [9.17, 15) is 4.79 Å². The Bertz CT molecular complexity index is 705. The van der Waals surface area contributed by atoms with Crippen LogP contribution in [-0.4, -0.2) is 87.7 Å². The minimum atomic E-state index is 0. The molecule has 0 bridgehead atoms. The number of morpholine rings is 1. The lowest BCUT2D eigenvalue weighted by atomic mass is 10.1. The molecule has 0 aliphatic carbocycles. The van der Waals surface area contributed by atoms with Crippen molar-refractivity contribution >= 4 is 41.5 Å². The van der Waals surface area contributed by atoms with Gasteiger partial charge in [-0.1, -0.05) is 18.6 Å². The number of carbonyl (C=O) groups is 1. The van der Waals surface area contributed by atoms with Crippen molar-refractivity contribution in [1.82, 2.24) is 20.4 Å². The molecule has 0 atom stereocenters. The Morgan fingerprint density at radius 2 is 1.78 bits per heavy atom. The van der Waals surface area contributed by atoms with Crippen LogP contribution >= 0.6 is 24.0 Å². The van der Waals surface area contributed by atoms with Crippen molar-refractivity contribution in [3.63, 3.8) is 0 Å². The van der Waals surface area contributed by atoms with Gasteiger partial charge in [0.2, 0.25) is 5.91 Å². The standard InChI is InChI=1S/C23H38N6O2.HI/c1-24-23(25-9-13-28-10-3-2-4-11-28)26-19-20-6-5-7-21(18-20)27-22(30)8-12-29-14-16-31-17-15-29;/h5-7,18H,2-4,8-17,19H2,1H3,(H,27,30)(H2,24,25,26);1H. The molecule has 0 radical (unpaired) electrons. The summed E-state index contributed by atoms with van der Waals surface area (Å²) in [6.07, 6.45) is 4.48. The lowest BCUT2D eigenvalue weighted by Crippen LogP contribution is -2.42. The number of nitrogens with zero attached hydrogens (tertiary/aromatic N) is 3. The SMILES string of the molecule is CN=C(NCCN1CCCCC1)NCc1cccc(NC(=O)CCN2CCOCC2)c1.I. The molecule has 0 saturated carbocycles. The van der Waals surface area contributed by atoms with Gasteiger partial charge in [0, 0.05) is 58.4 Å². The van der Waals surface area contributed by atoms with E-state index in [1.807, 2.05) is 18.2 Å². The maximum absolute atomic E-state index is 12.3. The lowest BCUT2D eigenvalue weighted by Gasteiger charge is -2.26. The number of anilines is 1. The number of piperidine rings is 1. The molecular formula is C23H39IN6O2. The number of benzene rings is 1. The molecule has 3 N–H and O–H groups in total. The maximum atomic E-state index is 12.3. The molecule has 0 spiro atoms. The second-order valence-electron chi connectivity index (χ2n) is 8.21. The van der Waals surface area contributed by atoms with E-state index in [1.165, 1.54) is 32.4 Å². The Balaban J connectivity index is 0.00000363. The highest BCUT2D eigenvalue weighted by Crippen LogP contribution is 2.11. The molecule has 2 fully saturated rings. The summed E-state index contributed by atoms with van der Waals surface area (Å²) in [6, 6.07) is 7.97. The second kappa shape index (κ2) is 15.4. The molecule has 1 aromatic rings. The average Bonchev–Trinajstić information content (AvgIpc) is 2.81. The van der Waals surface area contributed by atoms with Crippen LogP contribution in [0.1, 0.15) is 31.2 Å². The monoisotopic (exact) mass is 558 g/mol. The zero-order valence-electron chi connectivity index (χ0n) is 19.3. The number of halogens is 1. The van der Waals surface area contributed by atoms with Crippen LogP contribution in [0.15, 0.2) is 29.3 Å². The number of ether oxygens (including phenoxy) is 1. The predicted molar refractivity (Wildman–Crippen MR) is 141 cm³/mol. The van der Waals surface area contributed by atoms with E-state index >= 15 is 0 Å². The summed E-state index contributed by atoms with van der Waals surface area (Å²) in [4.78, 5) is 21.4. The number of hydrogen-bond donors (Lipinski definition) is 3. The predicted octanol–water partition coefficient (Wildman–Crippen LogP) is 2.12. The van der Waals surface area contributed by atoms with Gasteiger partial charge in [-0.15, -0.1) is 24.0 Å². The Labute approximate surface area is 209 Å². The summed E-state index contributed by atoms with van der Waals surface area (Å²) >= 11 is 0. The quantitative estimate of drug-likeness (QED) is 0.245. The molecule has 1 amide bonds. The smallest absolute Gasteiger partial charge is 0.225 e. The molecule has 3 rings (SSSR count). The molecule has 2 saturated heterocycles. The zero-order chi connectivity index (χ0) is 21.7. The minimum Gasteiger partial charge on any atom is -0.379 e. The Hall–Kier alpha value is -1.43. The fourth-order valence-electron chi connectivity index (χ4n) is 3.99. The number of hydrogen-bond acceptors (Lipinski definition) is 5. The first-order valence-electron chi connectivity index (χ1n) is 11.6. The van der Waals surface area contributed by atoms with Crippen LogP contribution in [0.4, 0.5) is 5.69 Å². The van der Waals surface area contributed by atoms with Crippen LogP contribution in [0.2, 0.25) is 0 Å². The maximum Gasteiger partial charge on any atom is 0.225 e. The zero-order valence-corrected chi connectivity index (χ0v) is 21.6. The molecule has 8 nitrogen and oxygen atoms in total. The molecule has 2 aliphatic heterocycles. The highest BCUT2D eigenvalue weighted by Gasteiger charge is 2.12. The van der Waals surface area contributed by atoms with E-state index in [0.29, 0.717) is 13.0 Å². The topological polar surface area (TPSA) is 81.2 Å². The van der Waals surface area contributed by atoms with Gasteiger partial charge in [-0.05, 0) is 43.6 Å². The van der Waals surface area contributed by atoms with Gasteiger partial charge in [-0.2, -0.15) is 0 Å². The third-order valence-corrected chi connectivity index (χ3v) is 5.82. The number of nitrogens with one attached hydrogen (secondary N) is 3.